The number of carboxylic acid groups (broad SMARTS) is 1. The molecule has 2 rings (SSSR count). The molecule has 0 fully saturated rings. The highest BCUT2D eigenvalue weighted by Gasteiger charge is 2.36. The number of hydrogen-bond donors (Lipinski definition) is 2. The smallest absolute Gasteiger partial charge is 0.331 e. The molecule has 0 aliphatic carbocycles. The Bertz CT molecular complexity index is 515. The summed E-state index contributed by atoms with van der Waals surface area (Å²) in [6, 6.07) is 1.01. The van der Waals surface area contributed by atoms with Gasteiger partial charge in [0.25, 0.3) is 0 Å². The number of aliphatic carboxylic acids is 1. The molecule has 0 spiro atoms. The normalized spacial score (nSPS) is 19.1. The van der Waals surface area contributed by atoms with E-state index in [0.717, 1.165) is 29.7 Å². The SMILES string of the molecule is CC(CCN)CCC(=O)N1CCc2sccc2C1C(=O)O. The van der Waals surface area contributed by atoms with Crippen molar-refractivity contribution in [3.63, 3.8) is 0 Å². The van der Waals surface area contributed by atoms with Gasteiger partial charge < -0.3 is 15.7 Å². The molecule has 1 aromatic heterocycles. The van der Waals surface area contributed by atoms with Crippen molar-refractivity contribution in [2.45, 2.75) is 38.6 Å². The predicted octanol–water partition coefficient (Wildman–Crippen LogP) is 2.02. The summed E-state index contributed by atoms with van der Waals surface area (Å²) in [4.78, 5) is 26.6. The van der Waals surface area contributed by atoms with E-state index in [1.54, 1.807) is 11.3 Å². The largest absolute Gasteiger partial charge is 0.479 e. The number of nitrogens with zero attached hydrogens (tertiary/aromatic N) is 1. The first-order valence-corrected chi connectivity index (χ1v) is 8.21. The molecule has 1 aliphatic rings. The summed E-state index contributed by atoms with van der Waals surface area (Å²) in [5.41, 5.74) is 6.29. The molecule has 1 aliphatic heterocycles. The summed E-state index contributed by atoms with van der Waals surface area (Å²) in [5.74, 6) is -0.621. The molecule has 2 atom stereocenters. The highest BCUT2D eigenvalue weighted by atomic mass is 32.1. The first-order valence-electron chi connectivity index (χ1n) is 7.33. The third-order valence-electron chi connectivity index (χ3n) is 4.03. The number of nitrogens with two attached hydrogens (primary N) is 1. The fourth-order valence-corrected chi connectivity index (χ4v) is 3.70. The second-order valence-corrected chi connectivity index (χ2v) is 6.60. The Kier molecular flexibility index (Phi) is 5.36. The number of carboxylic acids is 1. The van der Waals surface area contributed by atoms with Crippen molar-refractivity contribution in [2.75, 3.05) is 13.1 Å². The van der Waals surface area contributed by atoms with Gasteiger partial charge in [-0.05, 0) is 48.7 Å². The van der Waals surface area contributed by atoms with Crippen LogP contribution in [0.2, 0.25) is 0 Å². The molecule has 0 radical (unpaired) electrons. The molecule has 3 N–H and O–H groups in total. The van der Waals surface area contributed by atoms with E-state index in [1.165, 1.54) is 4.90 Å². The van der Waals surface area contributed by atoms with E-state index in [2.05, 4.69) is 6.92 Å². The lowest BCUT2D eigenvalue weighted by molar-refractivity contribution is -0.151. The first-order chi connectivity index (χ1) is 10.0. The summed E-state index contributed by atoms with van der Waals surface area (Å²) in [6.07, 6.45) is 2.80. The van der Waals surface area contributed by atoms with Crippen LogP contribution < -0.4 is 5.73 Å². The van der Waals surface area contributed by atoms with E-state index < -0.39 is 12.0 Å². The standard InChI is InChI=1S/C15H22N2O3S/c1-10(4-7-16)2-3-13(18)17-8-5-12-11(6-9-21-12)14(17)15(19)20/h6,9-10,14H,2-5,7-8,16H2,1H3,(H,19,20). The van der Waals surface area contributed by atoms with Gasteiger partial charge in [-0.15, -0.1) is 11.3 Å². The Labute approximate surface area is 128 Å². The Morgan fingerprint density at radius 3 is 2.95 bits per heavy atom. The second-order valence-electron chi connectivity index (χ2n) is 5.60. The molecule has 0 aromatic carbocycles. The minimum atomic E-state index is -0.947. The zero-order valence-corrected chi connectivity index (χ0v) is 13.1. The van der Waals surface area contributed by atoms with Crippen LogP contribution in [0.25, 0.3) is 0 Å². The van der Waals surface area contributed by atoms with Crippen LogP contribution in [0, 0.1) is 5.92 Å². The van der Waals surface area contributed by atoms with Crippen LogP contribution in [0.15, 0.2) is 11.4 Å². The quantitative estimate of drug-likeness (QED) is 0.842. The van der Waals surface area contributed by atoms with Crippen LogP contribution in [0.5, 0.6) is 0 Å². The molecule has 116 valence electrons. The summed E-state index contributed by atoms with van der Waals surface area (Å²) >= 11 is 1.57. The molecular weight excluding hydrogens is 288 g/mol. The Morgan fingerprint density at radius 1 is 1.52 bits per heavy atom. The van der Waals surface area contributed by atoms with Gasteiger partial charge in [-0.2, -0.15) is 0 Å². The third kappa shape index (κ3) is 3.63. The van der Waals surface area contributed by atoms with Crippen LogP contribution in [-0.2, 0) is 16.0 Å². The maximum absolute atomic E-state index is 12.4. The molecule has 0 saturated carbocycles. The fraction of sp³-hybridized carbons (Fsp3) is 0.600. The Balaban J connectivity index is 2.05. The third-order valence-corrected chi connectivity index (χ3v) is 5.03. The number of carbonyl (C=O) groups excluding carboxylic acids is 1. The van der Waals surface area contributed by atoms with E-state index in [9.17, 15) is 14.7 Å². The average Bonchev–Trinajstić information content (AvgIpc) is 2.91. The van der Waals surface area contributed by atoms with Crippen LogP contribution in [-0.4, -0.2) is 35.0 Å². The van der Waals surface area contributed by atoms with Crippen molar-refractivity contribution in [1.29, 1.82) is 0 Å². The van der Waals surface area contributed by atoms with Gasteiger partial charge in [-0.1, -0.05) is 6.92 Å². The average molecular weight is 310 g/mol. The maximum atomic E-state index is 12.4. The topological polar surface area (TPSA) is 83.6 Å². The van der Waals surface area contributed by atoms with Gasteiger partial charge in [-0.25, -0.2) is 4.79 Å². The lowest BCUT2D eigenvalue weighted by Gasteiger charge is -2.33. The van der Waals surface area contributed by atoms with E-state index >= 15 is 0 Å². The van der Waals surface area contributed by atoms with E-state index in [0.29, 0.717) is 25.4 Å². The minimum Gasteiger partial charge on any atom is -0.479 e. The lowest BCUT2D eigenvalue weighted by atomic mass is 9.97. The van der Waals surface area contributed by atoms with Gasteiger partial charge >= 0.3 is 5.97 Å². The van der Waals surface area contributed by atoms with Gasteiger partial charge in [0, 0.05) is 17.8 Å². The van der Waals surface area contributed by atoms with Crippen LogP contribution >= 0.6 is 11.3 Å². The molecule has 2 unspecified atom stereocenters. The molecular formula is C15H22N2O3S. The maximum Gasteiger partial charge on any atom is 0.331 e. The molecule has 1 amide bonds. The van der Waals surface area contributed by atoms with Gasteiger partial charge in [0.1, 0.15) is 0 Å². The molecule has 1 aromatic rings. The van der Waals surface area contributed by atoms with Gasteiger partial charge in [0.05, 0.1) is 0 Å². The van der Waals surface area contributed by atoms with Crippen molar-refractivity contribution in [3.05, 3.63) is 21.9 Å². The molecule has 6 heteroatoms. The molecule has 5 nitrogen and oxygen atoms in total. The number of carbonyl (C=O) groups is 2. The molecule has 21 heavy (non-hydrogen) atoms. The number of fused-ring (bicyclic) bond motifs is 1. The van der Waals surface area contributed by atoms with Crippen molar-refractivity contribution in [3.8, 4) is 0 Å². The van der Waals surface area contributed by atoms with Gasteiger partial charge in [-0.3, -0.25) is 4.79 Å². The highest BCUT2D eigenvalue weighted by Crippen LogP contribution is 2.34. The number of hydrogen-bond acceptors (Lipinski definition) is 4. The van der Waals surface area contributed by atoms with E-state index in [4.69, 9.17) is 5.73 Å². The predicted molar refractivity (Wildman–Crippen MR) is 82.2 cm³/mol. The first kappa shape index (κ1) is 16.0. The molecule has 0 bridgehead atoms. The molecule has 2 heterocycles. The van der Waals surface area contributed by atoms with Crippen molar-refractivity contribution in [1.82, 2.24) is 4.90 Å². The summed E-state index contributed by atoms with van der Waals surface area (Å²) in [7, 11) is 0. The summed E-state index contributed by atoms with van der Waals surface area (Å²) in [6.45, 7) is 3.19. The second kappa shape index (κ2) is 7.04. The Hall–Kier alpha value is -1.40. The number of thiophene rings is 1. The zero-order valence-electron chi connectivity index (χ0n) is 12.2. The zero-order chi connectivity index (χ0) is 15.4. The van der Waals surface area contributed by atoms with Gasteiger partial charge in [0.2, 0.25) is 5.91 Å². The minimum absolute atomic E-state index is 0.0666. The number of amides is 1. The van der Waals surface area contributed by atoms with E-state index in [-0.39, 0.29) is 5.91 Å². The van der Waals surface area contributed by atoms with Crippen LogP contribution in [0.4, 0.5) is 0 Å². The summed E-state index contributed by atoms with van der Waals surface area (Å²) in [5, 5.41) is 11.4. The monoisotopic (exact) mass is 310 g/mol. The van der Waals surface area contributed by atoms with Gasteiger partial charge in [0.15, 0.2) is 6.04 Å². The summed E-state index contributed by atoms with van der Waals surface area (Å²) < 4.78 is 0. The lowest BCUT2D eigenvalue weighted by Crippen LogP contribution is -2.43. The van der Waals surface area contributed by atoms with Crippen molar-refractivity contribution in [2.24, 2.45) is 11.7 Å². The van der Waals surface area contributed by atoms with Crippen molar-refractivity contribution >= 4 is 23.2 Å². The highest BCUT2D eigenvalue weighted by molar-refractivity contribution is 7.10. The number of rotatable bonds is 6. The van der Waals surface area contributed by atoms with E-state index in [1.807, 2.05) is 11.4 Å². The Morgan fingerprint density at radius 2 is 2.29 bits per heavy atom. The fourth-order valence-electron chi connectivity index (χ4n) is 2.79. The molecule has 0 saturated heterocycles. The van der Waals surface area contributed by atoms with Crippen LogP contribution in [0.3, 0.4) is 0 Å². The van der Waals surface area contributed by atoms with Crippen LogP contribution in [0.1, 0.15) is 42.7 Å². The van der Waals surface area contributed by atoms with Crippen molar-refractivity contribution < 1.29 is 14.7 Å².